The SMILES string of the molecule is COc1ccccc1Nc1nc(C)c(C(=O)NCc2ccccc2-c2ccccc2)s1. The van der Waals surface area contributed by atoms with E-state index in [4.69, 9.17) is 4.74 Å². The number of hydrogen-bond donors (Lipinski definition) is 2. The number of hydrogen-bond acceptors (Lipinski definition) is 5. The molecule has 4 aromatic rings. The van der Waals surface area contributed by atoms with E-state index >= 15 is 0 Å². The maximum absolute atomic E-state index is 12.9. The Hall–Kier alpha value is -3.64. The summed E-state index contributed by atoms with van der Waals surface area (Å²) in [5, 5.41) is 6.94. The van der Waals surface area contributed by atoms with Gasteiger partial charge in [0.15, 0.2) is 5.13 Å². The van der Waals surface area contributed by atoms with E-state index in [1.807, 2.05) is 67.6 Å². The third-order valence-electron chi connectivity index (χ3n) is 4.89. The van der Waals surface area contributed by atoms with Crippen molar-refractivity contribution < 1.29 is 9.53 Å². The number of benzene rings is 3. The van der Waals surface area contributed by atoms with Gasteiger partial charge in [0.2, 0.25) is 0 Å². The normalized spacial score (nSPS) is 10.5. The fraction of sp³-hybridized carbons (Fsp3) is 0.120. The Morgan fingerprint density at radius 3 is 2.48 bits per heavy atom. The Bertz CT molecular complexity index is 1190. The summed E-state index contributed by atoms with van der Waals surface area (Å²) in [4.78, 5) is 18.0. The third kappa shape index (κ3) is 4.75. The number of rotatable bonds is 7. The molecule has 4 rings (SSSR count). The number of methoxy groups -OCH3 is 1. The van der Waals surface area contributed by atoms with Gasteiger partial charge in [-0.1, -0.05) is 78.1 Å². The van der Waals surface area contributed by atoms with E-state index in [2.05, 4.69) is 33.8 Å². The lowest BCUT2D eigenvalue weighted by Gasteiger charge is -2.10. The van der Waals surface area contributed by atoms with Gasteiger partial charge in [0.05, 0.1) is 18.5 Å². The highest BCUT2D eigenvalue weighted by Gasteiger charge is 2.16. The average Bonchev–Trinajstić information content (AvgIpc) is 3.18. The number of amides is 1. The highest BCUT2D eigenvalue weighted by molar-refractivity contribution is 7.17. The fourth-order valence-electron chi connectivity index (χ4n) is 3.35. The van der Waals surface area contributed by atoms with Crippen LogP contribution in [0.5, 0.6) is 5.75 Å². The number of aryl methyl sites for hydroxylation is 1. The number of aromatic nitrogens is 1. The lowest BCUT2D eigenvalue weighted by Crippen LogP contribution is -2.22. The number of nitrogens with one attached hydrogen (secondary N) is 2. The van der Waals surface area contributed by atoms with Crippen molar-refractivity contribution in [2.45, 2.75) is 13.5 Å². The highest BCUT2D eigenvalue weighted by Crippen LogP contribution is 2.31. The van der Waals surface area contributed by atoms with E-state index in [1.165, 1.54) is 11.3 Å². The Morgan fingerprint density at radius 1 is 0.968 bits per heavy atom. The van der Waals surface area contributed by atoms with Gasteiger partial charge in [0.1, 0.15) is 10.6 Å². The maximum atomic E-state index is 12.9. The molecule has 0 spiro atoms. The smallest absolute Gasteiger partial charge is 0.263 e. The predicted octanol–water partition coefficient (Wildman–Crippen LogP) is 5.80. The molecule has 0 aliphatic rings. The van der Waals surface area contributed by atoms with Crippen LogP contribution in [-0.2, 0) is 6.54 Å². The van der Waals surface area contributed by atoms with Crippen LogP contribution in [0.2, 0.25) is 0 Å². The number of nitrogens with zero attached hydrogens (tertiary/aromatic N) is 1. The molecule has 1 heterocycles. The second-order valence-electron chi connectivity index (χ2n) is 6.96. The third-order valence-corrected chi connectivity index (χ3v) is 5.96. The molecule has 6 heteroatoms. The van der Waals surface area contributed by atoms with Crippen LogP contribution in [0.1, 0.15) is 20.9 Å². The van der Waals surface area contributed by atoms with E-state index in [0.29, 0.717) is 22.2 Å². The molecule has 2 N–H and O–H groups in total. The van der Waals surface area contributed by atoms with Crippen molar-refractivity contribution in [3.8, 4) is 16.9 Å². The molecule has 0 saturated carbocycles. The summed E-state index contributed by atoms with van der Waals surface area (Å²) in [6.45, 7) is 2.28. The molecule has 3 aromatic carbocycles. The minimum atomic E-state index is -0.133. The summed E-state index contributed by atoms with van der Waals surface area (Å²) in [6.07, 6.45) is 0. The Kier molecular flexibility index (Phi) is 6.29. The maximum Gasteiger partial charge on any atom is 0.263 e. The minimum Gasteiger partial charge on any atom is -0.495 e. The average molecular weight is 430 g/mol. The largest absolute Gasteiger partial charge is 0.495 e. The molecule has 5 nitrogen and oxygen atoms in total. The van der Waals surface area contributed by atoms with Gasteiger partial charge in [-0.15, -0.1) is 0 Å². The van der Waals surface area contributed by atoms with Crippen molar-refractivity contribution in [2.75, 3.05) is 12.4 Å². The van der Waals surface area contributed by atoms with Crippen LogP contribution in [0.3, 0.4) is 0 Å². The Labute approximate surface area is 185 Å². The van der Waals surface area contributed by atoms with E-state index in [0.717, 1.165) is 28.1 Å². The van der Waals surface area contributed by atoms with Crippen molar-refractivity contribution in [3.05, 3.63) is 95.0 Å². The zero-order valence-electron chi connectivity index (χ0n) is 17.4. The molecule has 0 atom stereocenters. The predicted molar refractivity (Wildman–Crippen MR) is 126 cm³/mol. The molecule has 0 aliphatic heterocycles. The van der Waals surface area contributed by atoms with Crippen molar-refractivity contribution >= 4 is 28.1 Å². The van der Waals surface area contributed by atoms with Gasteiger partial charge in [-0.3, -0.25) is 4.79 Å². The van der Waals surface area contributed by atoms with Crippen molar-refractivity contribution in [3.63, 3.8) is 0 Å². The van der Waals surface area contributed by atoms with Crippen molar-refractivity contribution in [2.24, 2.45) is 0 Å². The van der Waals surface area contributed by atoms with E-state index in [1.54, 1.807) is 7.11 Å². The highest BCUT2D eigenvalue weighted by atomic mass is 32.1. The molecular weight excluding hydrogens is 406 g/mol. The molecule has 1 aromatic heterocycles. The minimum absolute atomic E-state index is 0.133. The van der Waals surface area contributed by atoms with Crippen LogP contribution in [0.15, 0.2) is 78.9 Å². The Balaban J connectivity index is 1.48. The lowest BCUT2D eigenvalue weighted by molar-refractivity contribution is 0.0954. The second-order valence-corrected chi connectivity index (χ2v) is 7.96. The molecule has 156 valence electrons. The standard InChI is InChI=1S/C25H23N3O2S/c1-17-23(31-25(27-17)28-21-14-8-9-15-22(21)30-2)24(29)26-16-19-12-6-7-13-20(19)18-10-4-3-5-11-18/h3-15H,16H2,1-2H3,(H,26,29)(H,27,28). The van der Waals surface area contributed by atoms with Gasteiger partial charge in [-0.05, 0) is 35.7 Å². The van der Waals surface area contributed by atoms with Gasteiger partial charge < -0.3 is 15.4 Å². The van der Waals surface area contributed by atoms with Gasteiger partial charge >= 0.3 is 0 Å². The molecule has 0 unspecified atom stereocenters. The molecule has 31 heavy (non-hydrogen) atoms. The summed E-state index contributed by atoms with van der Waals surface area (Å²) >= 11 is 1.33. The number of para-hydroxylation sites is 2. The molecule has 0 bridgehead atoms. The number of anilines is 2. The van der Waals surface area contributed by atoms with Crippen LogP contribution in [0.25, 0.3) is 11.1 Å². The zero-order valence-corrected chi connectivity index (χ0v) is 18.2. The molecular formula is C25H23N3O2S. The van der Waals surface area contributed by atoms with Crippen LogP contribution in [0.4, 0.5) is 10.8 Å². The first-order valence-electron chi connectivity index (χ1n) is 9.94. The Morgan fingerprint density at radius 2 is 1.68 bits per heavy atom. The second kappa shape index (κ2) is 9.45. The number of carbonyl (C=O) groups excluding carboxylic acids is 1. The number of ether oxygens (including phenoxy) is 1. The lowest BCUT2D eigenvalue weighted by atomic mass is 10.00. The van der Waals surface area contributed by atoms with E-state index in [9.17, 15) is 4.79 Å². The first-order valence-corrected chi connectivity index (χ1v) is 10.8. The van der Waals surface area contributed by atoms with Gasteiger partial charge in [0.25, 0.3) is 5.91 Å². The summed E-state index contributed by atoms with van der Waals surface area (Å²) in [5.74, 6) is 0.588. The quantitative estimate of drug-likeness (QED) is 0.390. The molecule has 0 radical (unpaired) electrons. The summed E-state index contributed by atoms with van der Waals surface area (Å²) < 4.78 is 5.37. The molecule has 0 saturated heterocycles. The van der Waals surface area contributed by atoms with Crippen LogP contribution < -0.4 is 15.4 Å². The van der Waals surface area contributed by atoms with Crippen molar-refractivity contribution in [1.29, 1.82) is 0 Å². The summed E-state index contributed by atoms with van der Waals surface area (Å²) in [6, 6.07) is 25.9. The van der Waals surface area contributed by atoms with Crippen LogP contribution in [-0.4, -0.2) is 18.0 Å². The fourth-order valence-corrected chi connectivity index (χ4v) is 4.25. The zero-order chi connectivity index (χ0) is 21.6. The number of carbonyl (C=O) groups is 1. The first kappa shape index (κ1) is 20.6. The topological polar surface area (TPSA) is 63.2 Å². The first-order chi connectivity index (χ1) is 15.2. The van der Waals surface area contributed by atoms with Crippen molar-refractivity contribution in [1.82, 2.24) is 10.3 Å². The summed E-state index contributed by atoms with van der Waals surface area (Å²) in [7, 11) is 1.62. The summed E-state index contributed by atoms with van der Waals surface area (Å²) in [5.41, 5.74) is 4.81. The van der Waals surface area contributed by atoms with E-state index in [-0.39, 0.29) is 5.91 Å². The molecule has 0 fully saturated rings. The van der Waals surface area contributed by atoms with Crippen LogP contribution in [0, 0.1) is 6.92 Å². The number of thiazole rings is 1. The molecule has 0 aliphatic carbocycles. The molecule has 1 amide bonds. The van der Waals surface area contributed by atoms with Gasteiger partial charge in [-0.2, -0.15) is 0 Å². The monoisotopic (exact) mass is 429 g/mol. The van der Waals surface area contributed by atoms with Crippen LogP contribution >= 0.6 is 11.3 Å². The van der Waals surface area contributed by atoms with E-state index < -0.39 is 0 Å². The van der Waals surface area contributed by atoms with Gasteiger partial charge in [0, 0.05) is 6.54 Å². The van der Waals surface area contributed by atoms with Gasteiger partial charge in [-0.25, -0.2) is 4.98 Å².